The van der Waals surface area contributed by atoms with Crippen LogP contribution in [0.15, 0.2) is 36.9 Å². The number of carbonyl (C=O) groups is 1. The summed E-state index contributed by atoms with van der Waals surface area (Å²) < 4.78 is 1.70. The molecule has 0 aliphatic rings. The van der Waals surface area contributed by atoms with Crippen molar-refractivity contribution in [2.45, 2.75) is 25.9 Å². The first-order valence-corrected chi connectivity index (χ1v) is 8.02. The molecule has 2 rings (SSSR count). The summed E-state index contributed by atoms with van der Waals surface area (Å²) in [4.78, 5) is 20.0. The molecule has 130 valence electrons. The summed E-state index contributed by atoms with van der Waals surface area (Å²) in [5.41, 5.74) is 2.01. The molecule has 0 aliphatic carbocycles. The molecule has 7 nitrogen and oxygen atoms in total. The molecule has 0 fully saturated rings. The molecule has 2 amide bonds. The number of benzene rings is 1. The van der Waals surface area contributed by atoms with E-state index in [2.05, 4.69) is 27.2 Å². The second kappa shape index (κ2) is 7.92. The fourth-order valence-corrected chi connectivity index (χ4v) is 2.19. The van der Waals surface area contributed by atoms with Gasteiger partial charge < -0.3 is 15.1 Å². The zero-order valence-corrected chi connectivity index (χ0v) is 15.0. The van der Waals surface area contributed by atoms with Gasteiger partial charge in [-0.1, -0.05) is 12.1 Å². The molecule has 24 heavy (non-hydrogen) atoms. The van der Waals surface area contributed by atoms with Crippen LogP contribution in [0.4, 0.5) is 4.79 Å². The Bertz CT molecular complexity index is 638. The van der Waals surface area contributed by atoms with Crippen molar-refractivity contribution in [3.63, 3.8) is 0 Å². The first-order valence-electron chi connectivity index (χ1n) is 8.02. The maximum atomic E-state index is 12.3. The summed E-state index contributed by atoms with van der Waals surface area (Å²) >= 11 is 0. The Balaban J connectivity index is 1.97. The van der Waals surface area contributed by atoms with E-state index in [1.807, 2.05) is 52.3 Å². The number of aromatic nitrogens is 3. The van der Waals surface area contributed by atoms with Gasteiger partial charge in [0.2, 0.25) is 0 Å². The molecule has 0 saturated carbocycles. The van der Waals surface area contributed by atoms with E-state index in [0.29, 0.717) is 12.6 Å². The molecule has 2 unspecified atom stereocenters. The van der Waals surface area contributed by atoms with Gasteiger partial charge in [-0.3, -0.25) is 0 Å². The minimum atomic E-state index is -0.0726. The van der Waals surface area contributed by atoms with Crippen molar-refractivity contribution in [1.82, 2.24) is 29.9 Å². The molecule has 0 bridgehead atoms. The number of hydrogen-bond acceptors (Lipinski definition) is 4. The first kappa shape index (κ1) is 17.9. The van der Waals surface area contributed by atoms with Crippen LogP contribution >= 0.6 is 0 Å². The molecule has 1 aromatic carbocycles. The zero-order chi connectivity index (χ0) is 17.7. The van der Waals surface area contributed by atoms with Gasteiger partial charge in [-0.15, -0.1) is 0 Å². The zero-order valence-electron chi connectivity index (χ0n) is 15.0. The summed E-state index contributed by atoms with van der Waals surface area (Å²) in [6.07, 6.45) is 3.16. The summed E-state index contributed by atoms with van der Waals surface area (Å²) in [6, 6.07) is 8.16. The van der Waals surface area contributed by atoms with Crippen LogP contribution in [0.2, 0.25) is 0 Å². The van der Waals surface area contributed by atoms with Gasteiger partial charge in [0.1, 0.15) is 12.7 Å². The molecule has 2 aromatic rings. The van der Waals surface area contributed by atoms with E-state index in [1.165, 1.54) is 6.33 Å². The predicted octanol–water partition coefficient (Wildman–Crippen LogP) is 1.92. The third-order valence-corrected chi connectivity index (χ3v) is 4.39. The van der Waals surface area contributed by atoms with E-state index >= 15 is 0 Å². The van der Waals surface area contributed by atoms with Crippen LogP contribution in [0, 0.1) is 0 Å². The SMILES string of the molecule is CC(CNC(=O)N(C)C(C)c1ccc(-n2cncn2)cc1)N(C)C. The molecule has 1 aromatic heterocycles. The minimum Gasteiger partial charge on any atom is -0.336 e. The molecule has 0 radical (unpaired) electrons. The summed E-state index contributed by atoms with van der Waals surface area (Å²) in [5.74, 6) is 0. The van der Waals surface area contributed by atoms with Crippen molar-refractivity contribution in [3.8, 4) is 5.69 Å². The van der Waals surface area contributed by atoms with Gasteiger partial charge in [0.05, 0.1) is 11.7 Å². The average Bonchev–Trinajstić information content (AvgIpc) is 3.12. The van der Waals surface area contributed by atoms with Crippen molar-refractivity contribution in [2.24, 2.45) is 0 Å². The molecule has 0 spiro atoms. The molecule has 1 N–H and O–H groups in total. The molecule has 7 heteroatoms. The van der Waals surface area contributed by atoms with Crippen LogP contribution in [-0.2, 0) is 0 Å². The van der Waals surface area contributed by atoms with E-state index < -0.39 is 0 Å². The Morgan fingerprint density at radius 3 is 2.42 bits per heavy atom. The number of rotatable bonds is 6. The molecule has 0 aliphatic heterocycles. The highest BCUT2D eigenvalue weighted by atomic mass is 16.2. The standard InChI is InChI=1S/C17H26N6O/c1-13(21(3)4)10-19-17(24)22(5)14(2)15-6-8-16(9-7-15)23-12-18-11-20-23/h6-9,11-14H,10H2,1-5H3,(H,19,24). The second-order valence-electron chi connectivity index (χ2n) is 6.22. The van der Waals surface area contributed by atoms with Crippen LogP contribution in [0.5, 0.6) is 0 Å². The molecule has 0 saturated heterocycles. The van der Waals surface area contributed by atoms with E-state index in [9.17, 15) is 4.79 Å². The van der Waals surface area contributed by atoms with Crippen molar-refractivity contribution in [2.75, 3.05) is 27.7 Å². The first-order chi connectivity index (χ1) is 11.4. The van der Waals surface area contributed by atoms with Crippen LogP contribution in [0.3, 0.4) is 0 Å². The third-order valence-electron chi connectivity index (χ3n) is 4.39. The van der Waals surface area contributed by atoms with Crippen LogP contribution in [-0.4, -0.2) is 64.3 Å². The van der Waals surface area contributed by atoms with Gasteiger partial charge in [0, 0.05) is 19.6 Å². The van der Waals surface area contributed by atoms with Gasteiger partial charge >= 0.3 is 6.03 Å². The number of hydrogen-bond donors (Lipinski definition) is 1. The lowest BCUT2D eigenvalue weighted by Crippen LogP contribution is -2.44. The van der Waals surface area contributed by atoms with Crippen molar-refractivity contribution >= 4 is 6.03 Å². The van der Waals surface area contributed by atoms with E-state index in [0.717, 1.165) is 11.3 Å². The van der Waals surface area contributed by atoms with Crippen LogP contribution < -0.4 is 5.32 Å². The number of nitrogens with zero attached hydrogens (tertiary/aromatic N) is 5. The average molecular weight is 330 g/mol. The number of likely N-dealkylation sites (N-methyl/N-ethyl adjacent to an activating group) is 1. The topological polar surface area (TPSA) is 66.3 Å². The maximum Gasteiger partial charge on any atom is 0.317 e. The Morgan fingerprint density at radius 1 is 1.21 bits per heavy atom. The Hall–Kier alpha value is -2.41. The van der Waals surface area contributed by atoms with E-state index in [4.69, 9.17) is 0 Å². The minimum absolute atomic E-state index is 0.0236. The summed E-state index contributed by atoms with van der Waals surface area (Å²) in [6.45, 7) is 4.71. The van der Waals surface area contributed by atoms with Gasteiger partial charge in [0.15, 0.2) is 0 Å². The highest BCUT2D eigenvalue weighted by Gasteiger charge is 2.18. The fourth-order valence-electron chi connectivity index (χ4n) is 2.19. The lowest BCUT2D eigenvalue weighted by molar-refractivity contribution is 0.190. The number of carbonyl (C=O) groups excluding carboxylic acids is 1. The number of amides is 2. The van der Waals surface area contributed by atoms with Gasteiger partial charge in [0.25, 0.3) is 0 Å². The van der Waals surface area contributed by atoms with Gasteiger partial charge in [-0.05, 0) is 45.6 Å². The number of nitrogens with one attached hydrogen (secondary N) is 1. The highest BCUT2D eigenvalue weighted by Crippen LogP contribution is 2.20. The number of urea groups is 1. The molecular weight excluding hydrogens is 304 g/mol. The smallest absolute Gasteiger partial charge is 0.317 e. The highest BCUT2D eigenvalue weighted by molar-refractivity contribution is 5.74. The fraction of sp³-hybridized carbons (Fsp3) is 0.471. The van der Waals surface area contributed by atoms with Crippen molar-refractivity contribution in [3.05, 3.63) is 42.5 Å². The Labute approximate surface area is 143 Å². The molecule has 1 heterocycles. The Morgan fingerprint density at radius 2 is 1.88 bits per heavy atom. The summed E-state index contributed by atoms with van der Waals surface area (Å²) in [7, 11) is 5.81. The monoisotopic (exact) mass is 330 g/mol. The molecule has 2 atom stereocenters. The maximum absolute atomic E-state index is 12.3. The lowest BCUT2D eigenvalue weighted by Gasteiger charge is -2.27. The normalized spacial score (nSPS) is 13.6. The van der Waals surface area contributed by atoms with E-state index in [1.54, 1.807) is 15.9 Å². The van der Waals surface area contributed by atoms with Crippen LogP contribution in [0.25, 0.3) is 5.69 Å². The van der Waals surface area contributed by atoms with Gasteiger partial charge in [-0.25, -0.2) is 14.5 Å². The third kappa shape index (κ3) is 4.32. The summed E-state index contributed by atoms with van der Waals surface area (Å²) in [5, 5.41) is 7.08. The van der Waals surface area contributed by atoms with E-state index in [-0.39, 0.29) is 12.1 Å². The van der Waals surface area contributed by atoms with Crippen LogP contribution in [0.1, 0.15) is 25.5 Å². The molecular formula is C17H26N6O. The predicted molar refractivity (Wildman–Crippen MR) is 94.1 cm³/mol. The van der Waals surface area contributed by atoms with Gasteiger partial charge in [-0.2, -0.15) is 5.10 Å². The Kier molecular flexibility index (Phi) is 5.92. The second-order valence-corrected chi connectivity index (χ2v) is 6.22. The van der Waals surface area contributed by atoms with Crippen molar-refractivity contribution < 1.29 is 4.79 Å². The largest absolute Gasteiger partial charge is 0.336 e. The van der Waals surface area contributed by atoms with Crippen molar-refractivity contribution in [1.29, 1.82) is 0 Å². The lowest BCUT2D eigenvalue weighted by atomic mass is 10.1. The quantitative estimate of drug-likeness (QED) is 0.879.